The van der Waals surface area contributed by atoms with E-state index < -0.39 is 17.6 Å². The molecule has 0 saturated carbocycles. The lowest BCUT2D eigenvalue weighted by molar-refractivity contribution is -0.126. The van der Waals surface area contributed by atoms with Crippen LogP contribution in [0.15, 0.2) is 30.3 Å². The second-order valence-electron chi connectivity index (χ2n) is 6.71. The Balaban J connectivity index is 1.41. The van der Waals surface area contributed by atoms with Crippen LogP contribution in [0.4, 0.5) is 4.39 Å². The molecule has 0 atom stereocenters. The van der Waals surface area contributed by atoms with E-state index in [-0.39, 0.29) is 18.9 Å². The molecule has 0 unspecified atom stereocenters. The molecule has 0 bridgehead atoms. The number of thiophene rings is 1. The highest BCUT2D eigenvalue weighted by atomic mass is 32.1. The highest BCUT2D eigenvalue weighted by molar-refractivity contribution is 7.14. The van der Waals surface area contributed by atoms with Gasteiger partial charge in [0.1, 0.15) is 5.82 Å². The molecule has 1 aromatic heterocycles. The third kappa shape index (κ3) is 5.63. The van der Waals surface area contributed by atoms with Gasteiger partial charge in [0.2, 0.25) is 5.91 Å². The van der Waals surface area contributed by atoms with Gasteiger partial charge in [0, 0.05) is 4.88 Å². The summed E-state index contributed by atoms with van der Waals surface area (Å²) in [5.74, 6) is -1.73. The number of amides is 3. The number of rotatable bonds is 5. The van der Waals surface area contributed by atoms with E-state index >= 15 is 0 Å². The Morgan fingerprint density at radius 1 is 1.00 bits per heavy atom. The number of nitrogens with one attached hydrogen (secondary N) is 3. The lowest BCUT2D eigenvalue weighted by atomic mass is 10.1. The van der Waals surface area contributed by atoms with Gasteiger partial charge >= 0.3 is 0 Å². The molecule has 2 aromatic rings. The molecule has 1 aliphatic carbocycles. The van der Waals surface area contributed by atoms with E-state index in [4.69, 9.17) is 0 Å². The van der Waals surface area contributed by atoms with Gasteiger partial charge in [0.25, 0.3) is 11.8 Å². The lowest BCUT2D eigenvalue weighted by Crippen LogP contribution is -2.46. The molecule has 148 valence electrons. The van der Waals surface area contributed by atoms with Gasteiger partial charge in [-0.25, -0.2) is 4.39 Å². The maximum atomic E-state index is 13.1. The first-order valence-electron chi connectivity index (χ1n) is 9.23. The zero-order valence-electron chi connectivity index (χ0n) is 15.3. The highest BCUT2D eigenvalue weighted by Gasteiger charge is 2.17. The Morgan fingerprint density at radius 2 is 1.82 bits per heavy atom. The van der Waals surface area contributed by atoms with Crippen molar-refractivity contribution in [1.82, 2.24) is 16.2 Å². The minimum Gasteiger partial charge on any atom is -0.347 e. The van der Waals surface area contributed by atoms with Gasteiger partial charge in [-0.05, 0) is 55.0 Å². The van der Waals surface area contributed by atoms with Crippen molar-refractivity contribution in [1.29, 1.82) is 0 Å². The molecule has 3 rings (SSSR count). The molecule has 8 heteroatoms. The van der Waals surface area contributed by atoms with Crippen molar-refractivity contribution in [2.45, 2.75) is 38.5 Å². The van der Waals surface area contributed by atoms with E-state index in [0.717, 1.165) is 25.7 Å². The van der Waals surface area contributed by atoms with Crippen LogP contribution in [0.5, 0.6) is 0 Å². The molecule has 28 heavy (non-hydrogen) atoms. The molecular formula is C20H22FN3O3S. The maximum absolute atomic E-state index is 13.1. The summed E-state index contributed by atoms with van der Waals surface area (Å²) in [5.41, 5.74) is 6.41. The largest absolute Gasteiger partial charge is 0.347 e. The van der Waals surface area contributed by atoms with Crippen molar-refractivity contribution in [3.8, 4) is 0 Å². The maximum Gasteiger partial charge on any atom is 0.279 e. The van der Waals surface area contributed by atoms with Gasteiger partial charge in [0.05, 0.1) is 17.8 Å². The van der Waals surface area contributed by atoms with Crippen molar-refractivity contribution in [2.75, 3.05) is 6.54 Å². The van der Waals surface area contributed by atoms with Crippen LogP contribution in [0.25, 0.3) is 0 Å². The molecule has 1 aliphatic rings. The van der Waals surface area contributed by atoms with E-state index in [9.17, 15) is 18.8 Å². The number of hydrazine groups is 1. The fourth-order valence-corrected chi connectivity index (χ4v) is 4.23. The number of hydrogen-bond acceptors (Lipinski definition) is 4. The average molecular weight is 403 g/mol. The monoisotopic (exact) mass is 403 g/mol. The van der Waals surface area contributed by atoms with Crippen molar-refractivity contribution in [2.24, 2.45) is 0 Å². The number of halogens is 1. The smallest absolute Gasteiger partial charge is 0.279 e. The first-order chi connectivity index (χ1) is 13.5. The lowest BCUT2D eigenvalue weighted by Gasteiger charge is -2.08. The minimum absolute atomic E-state index is 0.0296. The summed E-state index contributed by atoms with van der Waals surface area (Å²) in [7, 11) is 0. The number of fused-ring (bicyclic) bond motifs is 1. The molecule has 1 heterocycles. The minimum atomic E-state index is -0.543. The van der Waals surface area contributed by atoms with Gasteiger partial charge in [0.15, 0.2) is 0 Å². The van der Waals surface area contributed by atoms with Crippen LogP contribution >= 0.6 is 11.3 Å². The van der Waals surface area contributed by atoms with Crippen LogP contribution in [0.3, 0.4) is 0 Å². The standard InChI is InChI=1S/C20H22FN3O3S/c21-15-7-4-5-13(9-15)10-18(25)22-12-19(26)23-24-20(27)17-11-14-6-2-1-3-8-16(14)28-17/h4-5,7,9,11H,1-3,6,8,10,12H2,(H,22,25)(H,23,26)(H,24,27). The molecule has 0 spiro atoms. The van der Waals surface area contributed by atoms with Crippen molar-refractivity contribution >= 4 is 29.1 Å². The SMILES string of the molecule is O=C(Cc1cccc(F)c1)NCC(=O)NNC(=O)c1cc2c(s1)CCCCC2. The molecule has 6 nitrogen and oxygen atoms in total. The first kappa shape index (κ1) is 20.0. The van der Waals surface area contributed by atoms with Crippen LogP contribution in [0.1, 0.15) is 44.9 Å². The Morgan fingerprint density at radius 3 is 2.64 bits per heavy atom. The molecule has 0 fully saturated rings. The predicted molar refractivity (Wildman–Crippen MR) is 104 cm³/mol. The topological polar surface area (TPSA) is 87.3 Å². The average Bonchev–Trinajstić information content (AvgIpc) is 2.95. The molecule has 3 N–H and O–H groups in total. The molecule has 0 saturated heterocycles. The number of benzene rings is 1. The zero-order chi connectivity index (χ0) is 19.9. The van der Waals surface area contributed by atoms with Crippen LogP contribution in [0.2, 0.25) is 0 Å². The Kier molecular flexibility index (Phi) is 6.76. The number of hydrogen-bond donors (Lipinski definition) is 3. The number of carbonyl (C=O) groups is 3. The van der Waals surface area contributed by atoms with Crippen LogP contribution in [-0.2, 0) is 28.9 Å². The second kappa shape index (κ2) is 9.45. The van der Waals surface area contributed by atoms with Crippen LogP contribution in [0, 0.1) is 5.82 Å². The number of carbonyl (C=O) groups excluding carboxylic acids is 3. The summed E-state index contributed by atoms with van der Waals surface area (Å²) in [4.78, 5) is 37.7. The van der Waals surface area contributed by atoms with Crippen molar-refractivity contribution < 1.29 is 18.8 Å². The molecule has 0 aliphatic heterocycles. The summed E-state index contributed by atoms with van der Waals surface area (Å²) >= 11 is 1.47. The fraction of sp³-hybridized carbons (Fsp3) is 0.350. The third-order valence-electron chi connectivity index (χ3n) is 4.49. The molecule has 0 radical (unpaired) electrons. The molecular weight excluding hydrogens is 381 g/mol. The molecule has 1 aromatic carbocycles. The van der Waals surface area contributed by atoms with E-state index in [1.54, 1.807) is 6.07 Å². The fourth-order valence-electron chi connectivity index (χ4n) is 3.09. The summed E-state index contributed by atoms with van der Waals surface area (Å²) < 4.78 is 13.1. The summed E-state index contributed by atoms with van der Waals surface area (Å²) in [5, 5.41) is 2.44. The third-order valence-corrected chi connectivity index (χ3v) is 5.72. The van der Waals surface area contributed by atoms with E-state index in [2.05, 4.69) is 16.2 Å². The number of aryl methyl sites for hydroxylation is 2. The molecule has 3 amide bonds. The first-order valence-corrected chi connectivity index (χ1v) is 10.0. The second-order valence-corrected chi connectivity index (χ2v) is 7.84. The summed E-state index contributed by atoms with van der Waals surface area (Å²) in [6.07, 6.45) is 5.44. The zero-order valence-corrected chi connectivity index (χ0v) is 16.2. The van der Waals surface area contributed by atoms with E-state index in [0.29, 0.717) is 10.4 Å². The van der Waals surface area contributed by atoms with Crippen molar-refractivity contribution in [3.05, 3.63) is 57.0 Å². The van der Waals surface area contributed by atoms with Crippen LogP contribution < -0.4 is 16.2 Å². The Hall–Kier alpha value is -2.74. The highest BCUT2D eigenvalue weighted by Crippen LogP contribution is 2.28. The van der Waals surface area contributed by atoms with Crippen molar-refractivity contribution in [3.63, 3.8) is 0 Å². The summed E-state index contributed by atoms with van der Waals surface area (Å²) in [6.45, 7) is -0.282. The Bertz CT molecular complexity index is 858. The Labute approximate surface area is 166 Å². The summed E-state index contributed by atoms with van der Waals surface area (Å²) in [6, 6.07) is 7.61. The van der Waals surface area contributed by atoms with Gasteiger partial charge in [-0.2, -0.15) is 0 Å². The van der Waals surface area contributed by atoms with Gasteiger partial charge in [-0.15, -0.1) is 11.3 Å². The van der Waals surface area contributed by atoms with Gasteiger partial charge in [-0.3, -0.25) is 25.2 Å². The van der Waals surface area contributed by atoms with Gasteiger partial charge < -0.3 is 5.32 Å². The van der Waals surface area contributed by atoms with Gasteiger partial charge in [-0.1, -0.05) is 18.6 Å². The normalized spacial score (nSPS) is 13.2. The van der Waals surface area contributed by atoms with E-state index in [1.807, 2.05) is 6.07 Å². The van der Waals surface area contributed by atoms with Crippen LogP contribution in [-0.4, -0.2) is 24.3 Å². The quantitative estimate of drug-likeness (QED) is 0.529. The predicted octanol–water partition coefficient (Wildman–Crippen LogP) is 2.28. The van der Waals surface area contributed by atoms with E-state index in [1.165, 1.54) is 46.4 Å².